The van der Waals surface area contributed by atoms with Crippen LogP contribution in [0.4, 0.5) is 5.69 Å². The normalized spacial score (nSPS) is 10.8. The van der Waals surface area contributed by atoms with Gasteiger partial charge in [0.2, 0.25) is 5.91 Å². The summed E-state index contributed by atoms with van der Waals surface area (Å²) < 4.78 is 4.63. The second kappa shape index (κ2) is 8.00. The number of esters is 1. The van der Waals surface area contributed by atoms with E-state index in [4.69, 9.17) is 11.6 Å². The first kappa shape index (κ1) is 17.5. The van der Waals surface area contributed by atoms with Crippen molar-refractivity contribution < 1.29 is 14.3 Å². The van der Waals surface area contributed by atoms with Crippen LogP contribution in [0.15, 0.2) is 18.2 Å². The SMILES string of the molecule is COC(=O)CN(CC(=O)Nc1ccc(C)c(Cl)c1)C(C)C. The van der Waals surface area contributed by atoms with Crippen LogP contribution in [0, 0.1) is 6.92 Å². The van der Waals surface area contributed by atoms with Gasteiger partial charge in [-0.1, -0.05) is 17.7 Å². The summed E-state index contributed by atoms with van der Waals surface area (Å²) in [5, 5.41) is 3.37. The molecule has 0 atom stereocenters. The number of hydrogen-bond donors (Lipinski definition) is 1. The van der Waals surface area contributed by atoms with Gasteiger partial charge in [-0.2, -0.15) is 0 Å². The number of halogens is 1. The molecule has 5 nitrogen and oxygen atoms in total. The van der Waals surface area contributed by atoms with Crippen molar-refractivity contribution in [1.82, 2.24) is 4.90 Å². The molecule has 116 valence electrons. The lowest BCUT2D eigenvalue weighted by Crippen LogP contribution is -2.41. The minimum absolute atomic E-state index is 0.0523. The largest absolute Gasteiger partial charge is 0.468 e. The molecule has 6 heteroatoms. The first-order valence-electron chi connectivity index (χ1n) is 6.70. The molecule has 1 rings (SSSR count). The van der Waals surface area contributed by atoms with Gasteiger partial charge in [-0.25, -0.2) is 0 Å². The molecule has 0 heterocycles. The van der Waals surface area contributed by atoms with Gasteiger partial charge in [0.05, 0.1) is 20.2 Å². The Bertz CT molecular complexity index is 518. The van der Waals surface area contributed by atoms with Gasteiger partial charge in [-0.05, 0) is 38.5 Å². The van der Waals surface area contributed by atoms with Crippen molar-refractivity contribution in [2.45, 2.75) is 26.8 Å². The van der Waals surface area contributed by atoms with Crippen molar-refractivity contribution >= 4 is 29.2 Å². The number of anilines is 1. The summed E-state index contributed by atoms with van der Waals surface area (Å²) in [7, 11) is 1.33. The second-order valence-electron chi connectivity index (χ2n) is 5.09. The highest BCUT2D eigenvalue weighted by Gasteiger charge is 2.18. The molecule has 0 unspecified atom stereocenters. The van der Waals surface area contributed by atoms with Crippen molar-refractivity contribution in [3.63, 3.8) is 0 Å². The summed E-state index contributed by atoms with van der Waals surface area (Å²) in [6.07, 6.45) is 0. The summed E-state index contributed by atoms with van der Waals surface area (Å²) in [6, 6.07) is 5.39. The lowest BCUT2D eigenvalue weighted by atomic mass is 10.2. The number of benzene rings is 1. The number of carbonyl (C=O) groups excluding carboxylic acids is 2. The summed E-state index contributed by atoms with van der Waals surface area (Å²) in [5.41, 5.74) is 1.58. The van der Waals surface area contributed by atoms with Crippen molar-refractivity contribution in [1.29, 1.82) is 0 Å². The molecule has 0 fully saturated rings. The fourth-order valence-electron chi connectivity index (χ4n) is 1.71. The van der Waals surface area contributed by atoms with E-state index < -0.39 is 0 Å². The van der Waals surface area contributed by atoms with E-state index in [9.17, 15) is 9.59 Å². The van der Waals surface area contributed by atoms with Crippen LogP contribution >= 0.6 is 11.6 Å². The Balaban J connectivity index is 2.65. The Kier molecular flexibility index (Phi) is 6.65. The number of nitrogens with one attached hydrogen (secondary N) is 1. The standard InChI is InChI=1S/C15H21ClN2O3/c1-10(2)18(9-15(20)21-4)8-14(19)17-12-6-5-11(3)13(16)7-12/h5-7,10H,8-9H2,1-4H3,(H,17,19). The first-order valence-corrected chi connectivity index (χ1v) is 7.08. The molecule has 0 aliphatic carbocycles. The molecule has 0 aliphatic heterocycles. The Morgan fingerprint density at radius 3 is 2.52 bits per heavy atom. The molecule has 1 aromatic carbocycles. The molecular formula is C15H21ClN2O3. The van der Waals surface area contributed by atoms with E-state index in [1.165, 1.54) is 7.11 Å². The van der Waals surface area contributed by atoms with Crippen LogP contribution in [0.5, 0.6) is 0 Å². The van der Waals surface area contributed by atoms with Crippen LogP contribution in [-0.2, 0) is 14.3 Å². The molecule has 1 N–H and O–H groups in total. The van der Waals surface area contributed by atoms with Crippen molar-refractivity contribution in [2.24, 2.45) is 0 Å². The quantitative estimate of drug-likeness (QED) is 0.820. The van der Waals surface area contributed by atoms with Gasteiger partial charge in [0, 0.05) is 16.8 Å². The van der Waals surface area contributed by atoms with Gasteiger partial charge < -0.3 is 10.1 Å². The van der Waals surface area contributed by atoms with Crippen molar-refractivity contribution in [2.75, 3.05) is 25.5 Å². The van der Waals surface area contributed by atoms with Gasteiger partial charge >= 0.3 is 5.97 Å². The number of carbonyl (C=O) groups is 2. The van der Waals surface area contributed by atoms with Gasteiger partial charge in [-0.15, -0.1) is 0 Å². The number of methoxy groups -OCH3 is 1. The summed E-state index contributed by atoms with van der Waals surface area (Å²) >= 11 is 6.02. The van der Waals surface area contributed by atoms with Crippen LogP contribution in [-0.4, -0.2) is 43.0 Å². The molecule has 0 radical (unpaired) electrons. The monoisotopic (exact) mass is 312 g/mol. The van der Waals surface area contributed by atoms with Gasteiger partial charge in [0.15, 0.2) is 0 Å². The predicted octanol–water partition coefficient (Wildman–Crippen LogP) is 2.47. The summed E-state index contributed by atoms with van der Waals surface area (Å²) in [6.45, 7) is 5.91. The second-order valence-corrected chi connectivity index (χ2v) is 5.49. The van der Waals surface area contributed by atoms with E-state index in [2.05, 4.69) is 10.1 Å². The van der Waals surface area contributed by atoms with Gasteiger partial charge in [0.1, 0.15) is 0 Å². The number of aryl methyl sites for hydroxylation is 1. The van der Waals surface area contributed by atoms with E-state index in [-0.39, 0.29) is 31.0 Å². The van der Waals surface area contributed by atoms with Crippen LogP contribution in [0.25, 0.3) is 0 Å². The molecule has 0 spiro atoms. The van der Waals surface area contributed by atoms with Crippen LogP contribution in [0.2, 0.25) is 5.02 Å². The van der Waals surface area contributed by atoms with Gasteiger partial charge in [0.25, 0.3) is 0 Å². The molecule has 1 amide bonds. The average molecular weight is 313 g/mol. The van der Waals surface area contributed by atoms with Crippen molar-refractivity contribution in [3.8, 4) is 0 Å². The van der Waals surface area contributed by atoms with Crippen LogP contribution in [0.1, 0.15) is 19.4 Å². The smallest absolute Gasteiger partial charge is 0.319 e. The van der Waals surface area contributed by atoms with E-state index in [0.29, 0.717) is 10.7 Å². The molecule has 0 bridgehead atoms. The number of hydrogen-bond acceptors (Lipinski definition) is 4. The molecule has 0 saturated heterocycles. The molecule has 21 heavy (non-hydrogen) atoms. The Labute approximate surface area is 130 Å². The van der Waals surface area contributed by atoms with E-state index in [1.54, 1.807) is 17.0 Å². The topological polar surface area (TPSA) is 58.6 Å². The Morgan fingerprint density at radius 2 is 2.00 bits per heavy atom. The molecule has 0 saturated carbocycles. The van der Waals surface area contributed by atoms with E-state index >= 15 is 0 Å². The Hall–Kier alpha value is -1.59. The zero-order chi connectivity index (χ0) is 16.0. The molecule has 1 aromatic rings. The van der Waals surface area contributed by atoms with Crippen LogP contribution in [0.3, 0.4) is 0 Å². The maximum Gasteiger partial charge on any atom is 0.319 e. The van der Waals surface area contributed by atoms with Crippen molar-refractivity contribution in [3.05, 3.63) is 28.8 Å². The minimum Gasteiger partial charge on any atom is -0.468 e. The number of nitrogens with zero attached hydrogens (tertiary/aromatic N) is 1. The highest BCUT2D eigenvalue weighted by molar-refractivity contribution is 6.31. The zero-order valence-electron chi connectivity index (χ0n) is 12.8. The highest BCUT2D eigenvalue weighted by atomic mass is 35.5. The lowest BCUT2D eigenvalue weighted by molar-refractivity contribution is -0.142. The highest BCUT2D eigenvalue weighted by Crippen LogP contribution is 2.19. The number of rotatable bonds is 6. The van der Waals surface area contributed by atoms with Crippen LogP contribution < -0.4 is 5.32 Å². The summed E-state index contributed by atoms with van der Waals surface area (Å²) in [4.78, 5) is 25.1. The maximum absolute atomic E-state index is 12.0. The van der Waals surface area contributed by atoms with E-state index in [1.807, 2.05) is 26.8 Å². The number of amides is 1. The number of ether oxygens (including phenoxy) is 1. The third kappa shape index (κ3) is 5.73. The maximum atomic E-state index is 12.0. The fourth-order valence-corrected chi connectivity index (χ4v) is 1.89. The van der Waals surface area contributed by atoms with Gasteiger partial charge in [-0.3, -0.25) is 14.5 Å². The molecule has 0 aromatic heterocycles. The predicted molar refractivity (Wildman–Crippen MR) is 83.5 cm³/mol. The lowest BCUT2D eigenvalue weighted by Gasteiger charge is -2.24. The van der Waals surface area contributed by atoms with E-state index in [0.717, 1.165) is 5.56 Å². The third-order valence-corrected chi connectivity index (χ3v) is 3.50. The third-order valence-electron chi connectivity index (χ3n) is 3.09. The zero-order valence-corrected chi connectivity index (χ0v) is 13.5. The molecule has 0 aliphatic rings. The Morgan fingerprint density at radius 1 is 1.33 bits per heavy atom. The first-order chi connectivity index (χ1) is 9.83. The average Bonchev–Trinajstić information content (AvgIpc) is 2.41. The minimum atomic E-state index is -0.366. The molecular weight excluding hydrogens is 292 g/mol. The fraction of sp³-hybridized carbons (Fsp3) is 0.467. The summed E-state index contributed by atoms with van der Waals surface area (Å²) in [5.74, 6) is -0.567.